The highest BCUT2D eigenvalue weighted by molar-refractivity contribution is 7.47. The summed E-state index contributed by atoms with van der Waals surface area (Å²) >= 11 is 0. The van der Waals surface area contributed by atoms with Gasteiger partial charge in [-0.25, -0.2) is 8.96 Å². The molecule has 0 aromatic heterocycles. The lowest BCUT2D eigenvalue weighted by Gasteiger charge is -2.17. The van der Waals surface area contributed by atoms with Gasteiger partial charge in [-0.15, -0.1) is 0 Å². The first-order valence-electron chi connectivity index (χ1n) is 11.5. The molecule has 0 rings (SSSR count). The number of esters is 1. The molecule has 0 amide bonds. The molecule has 2 atom stereocenters. The van der Waals surface area contributed by atoms with E-state index in [0.29, 0.717) is 6.42 Å². The SMILES string of the molecule is CCCCCCCCCCCCCCCC(=O)O[C@H](CF)COP(=O)(O)OCCN. The largest absolute Gasteiger partial charge is 0.472 e. The number of halogens is 1. The maximum absolute atomic E-state index is 12.9. The summed E-state index contributed by atoms with van der Waals surface area (Å²) in [5, 5.41) is 0. The number of carbonyl (C=O) groups is 1. The third kappa shape index (κ3) is 19.4. The number of rotatable bonds is 22. The lowest BCUT2D eigenvalue weighted by atomic mass is 10.0. The summed E-state index contributed by atoms with van der Waals surface area (Å²) < 4.78 is 38.5. The number of hydrogen-bond acceptors (Lipinski definition) is 6. The number of ether oxygens (including phenoxy) is 1. The van der Waals surface area contributed by atoms with E-state index in [0.717, 1.165) is 12.8 Å². The average Bonchev–Trinajstić information content (AvgIpc) is 2.73. The Hall–Kier alpha value is -0.530. The molecule has 0 aliphatic heterocycles. The van der Waals surface area contributed by atoms with Crippen molar-refractivity contribution in [2.24, 2.45) is 5.73 Å². The highest BCUT2D eigenvalue weighted by Gasteiger charge is 2.24. The molecule has 30 heavy (non-hydrogen) atoms. The molecule has 9 heteroatoms. The van der Waals surface area contributed by atoms with E-state index in [2.05, 4.69) is 16.0 Å². The van der Waals surface area contributed by atoms with Crippen molar-refractivity contribution in [1.82, 2.24) is 0 Å². The normalized spacial score (nSPS) is 14.4. The van der Waals surface area contributed by atoms with Crippen LogP contribution in [-0.2, 0) is 23.1 Å². The summed E-state index contributed by atoms with van der Waals surface area (Å²) in [4.78, 5) is 21.1. The van der Waals surface area contributed by atoms with Crippen molar-refractivity contribution in [3.05, 3.63) is 0 Å². The van der Waals surface area contributed by atoms with Crippen molar-refractivity contribution >= 4 is 13.8 Å². The van der Waals surface area contributed by atoms with Gasteiger partial charge in [-0.2, -0.15) is 0 Å². The summed E-state index contributed by atoms with van der Waals surface area (Å²) in [7, 11) is -4.31. The van der Waals surface area contributed by atoms with Crippen molar-refractivity contribution in [3.63, 3.8) is 0 Å². The first kappa shape index (κ1) is 29.5. The fraction of sp³-hybridized carbons (Fsp3) is 0.952. The molecule has 0 aliphatic rings. The Morgan fingerprint density at radius 3 is 1.90 bits per heavy atom. The zero-order valence-corrected chi connectivity index (χ0v) is 19.6. The third-order valence-corrected chi connectivity index (χ3v) is 5.73. The van der Waals surface area contributed by atoms with Gasteiger partial charge in [0.1, 0.15) is 6.67 Å². The minimum Gasteiger partial charge on any atom is -0.457 e. The van der Waals surface area contributed by atoms with Crippen molar-refractivity contribution < 1.29 is 32.4 Å². The Labute approximate surface area is 181 Å². The van der Waals surface area contributed by atoms with Crippen LogP contribution in [0.4, 0.5) is 4.39 Å². The minimum atomic E-state index is -4.31. The Balaban J connectivity index is 3.61. The summed E-state index contributed by atoms with van der Waals surface area (Å²) in [6.45, 7) is 0.584. The van der Waals surface area contributed by atoms with Crippen molar-refractivity contribution in [2.45, 2.75) is 103 Å². The Bertz CT molecular complexity index is 455. The van der Waals surface area contributed by atoms with E-state index >= 15 is 0 Å². The summed E-state index contributed by atoms with van der Waals surface area (Å²) in [5.74, 6) is -0.528. The maximum Gasteiger partial charge on any atom is 0.472 e. The van der Waals surface area contributed by atoms with E-state index in [1.54, 1.807) is 0 Å². The van der Waals surface area contributed by atoms with E-state index < -0.39 is 33.2 Å². The molecule has 0 aliphatic carbocycles. The third-order valence-electron chi connectivity index (χ3n) is 4.75. The second-order valence-electron chi connectivity index (χ2n) is 7.65. The van der Waals surface area contributed by atoms with E-state index in [1.807, 2.05) is 0 Å². The zero-order valence-electron chi connectivity index (χ0n) is 18.7. The maximum atomic E-state index is 12.9. The molecule has 0 bridgehead atoms. The van der Waals surface area contributed by atoms with E-state index in [1.165, 1.54) is 64.2 Å². The molecule has 0 fully saturated rings. The number of nitrogens with two attached hydrogens (primary N) is 1. The predicted molar refractivity (Wildman–Crippen MR) is 117 cm³/mol. The smallest absolute Gasteiger partial charge is 0.457 e. The summed E-state index contributed by atoms with van der Waals surface area (Å²) in [6.07, 6.45) is 14.7. The van der Waals surface area contributed by atoms with Crippen LogP contribution in [-0.4, -0.2) is 43.4 Å². The van der Waals surface area contributed by atoms with Gasteiger partial charge in [0.05, 0.1) is 13.2 Å². The van der Waals surface area contributed by atoms with Gasteiger partial charge in [-0.3, -0.25) is 13.8 Å². The van der Waals surface area contributed by atoms with Crippen LogP contribution in [0.3, 0.4) is 0 Å². The molecule has 0 saturated heterocycles. The number of alkyl halides is 1. The number of carbonyl (C=O) groups excluding carboxylic acids is 1. The fourth-order valence-corrected chi connectivity index (χ4v) is 3.79. The highest BCUT2D eigenvalue weighted by atomic mass is 31.2. The van der Waals surface area contributed by atoms with Gasteiger partial charge in [-0.1, -0.05) is 84.0 Å². The van der Waals surface area contributed by atoms with Gasteiger partial charge in [0.2, 0.25) is 0 Å². The first-order valence-corrected chi connectivity index (χ1v) is 13.0. The van der Waals surface area contributed by atoms with Crippen LogP contribution < -0.4 is 5.73 Å². The van der Waals surface area contributed by atoms with Crippen molar-refractivity contribution in [1.29, 1.82) is 0 Å². The molecule has 0 saturated carbocycles. The molecule has 0 aromatic rings. The molecule has 0 aromatic carbocycles. The van der Waals surface area contributed by atoms with Gasteiger partial charge < -0.3 is 15.4 Å². The second-order valence-corrected chi connectivity index (χ2v) is 9.10. The Kier molecular flexibility index (Phi) is 20.0. The highest BCUT2D eigenvalue weighted by Crippen LogP contribution is 2.43. The molecule has 0 radical (unpaired) electrons. The average molecular weight is 456 g/mol. The van der Waals surface area contributed by atoms with Gasteiger partial charge >= 0.3 is 13.8 Å². The van der Waals surface area contributed by atoms with Crippen LogP contribution in [0.1, 0.15) is 96.8 Å². The van der Waals surface area contributed by atoms with Crippen LogP contribution in [0.15, 0.2) is 0 Å². The number of phosphoric acid groups is 1. The lowest BCUT2D eigenvalue weighted by Crippen LogP contribution is -2.25. The molecule has 3 N–H and O–H groups in total. The van der Waals surface area contributed by atoms with Crippen LogP contribution in [0.25, 0.3) is 0 Å². The molecule has 7 nitrogen and oxygen atoms in total. The molecule has 0 spiro atoms. The van der Waals surface area contributed by atoms with E-state index in [-0.39, 0.29) is 19.6 Å². The number of unbranched alkanes of at least 4 members (excludes halogenated alkanes) is 12. The van der Waals surface area contributed by atoms with E-state index in [9.17, 15) is 18.6 Å². The number of phosphoric ester groups is 1. The summed E-state index contributed by atoms with van der Waals surface area (Å²) in [5.41, 5.74) is 5.16. The predicted octanol–water partition coefficient (Wildman–Crippen LogP) is 5.44. The van der Waals surface area contributed by atoms with Gasteiger partial charge in [0.25, 0.3) is 0 Å². The number of hydrogen-bond donors (Lipinski definition) is 2. The fourth-order valence-electron chi connectivity index (χ4n) is 3.02. The molecular formula is C21H43FNO6P. The quantitative estimate of drug-likeness (QED) is 0.127. The molecule has 1 unspecified atom stereocenters. The first-order chi connectivity index (χ1) is 14.4. The second kappa shape index (κ2) is 20.4. The Morgan fingerprint density at radius 1 is 0.933 bits per heavy atom. The van der Waals surface area contributed by atoms with Crippen LogP contribution >= 0.6 is 7.82 Å². The molecular weight excluding hydrogens is 412 g/mol. The lowest BCUT2D eigenvalue weighted by molar-refractivity contribution is -0.152. The monoisotopic (exact) mass is 455 g/mol. The van der Waals surface area contributed by atoms with Gasteiger partial charge in [-0.05, 0) is 6.42 Å². The minimum absolute atomic E-state index is 0.0502. The van der Waals surface area contributed by atoms with E-state index in [4.69, 9.17) is 10.5 Å². The Morgan fingerprint density at radius 2 is 1.43 bits per heavy atom. The van der Waals surface area contributed by atoms with Crippen LogP contribution in [0.2, 0.25) is 0 Å². The van der Waals surface area contributed by atoms with Crippen molar-refractivity contribution in [2.75, 3.05) is 26.4 Å². The zero-order chi connectivity index (χ0) is 22.5. The van der Waals surface area contributed by atoms with Crippen LogP contribution in [0.5, 0.6) is 0 Å². The van der Waals surface area contributed by atoms with Crippen molar-refractivity contribution in [3.8, 4) is 0 Å². The topological polar surface area (TPSA) is 108 Å². The molecule has 180 valence electrons. The van der Waals surface area contributed by atoms with Gasteiger partial charge in [0.15, 0.2) is 6.10 Å². The van der Waals surface area contributed by atoms with Gasteiger partial charge in [0, 0.05) is 13.0 Å². The summed E-state index contributed by atoms with van der Waals surface area (Å²) in [6, 6.07) is 0. The standard InChI is InChI=1S/C21H43FNO6P/c1-2-3-4-5-6-7-8-9-10-11-12-13-14-15-21(24)29-20(18-22)19-28-30(25,26)27-17-16-23/h20H,2-19,23H2,1H3,(H,25,26)/t20-/m1/s1. The van der Waals surface area contributed by atoms with Crippen LogP contribution in [0, 0.1) is 0 Å². The molecule has 0 heterocycles.